The molecule has 1 unspecified atom stereocenters. The average Bonchev–Trinajstić information content (AvgIpc) is 3.10. The van der Waals surface area contributed by atoms with E-state index in [1.54, 1.807) is 29.3 Å². The topological polar surface area (TPSA) is 62.3 Å². The Morgan fingerprint density at radius 1 is 1.42 bits per heavy atom. The maximum atomic E-state index is 12.7. The number of benzene rings is 1. The fourth-order valence-electron chi connectivity index (χ4n) is 2.68. The van der Waals surface area contributed by atoms with Gasteiger partial charge in [0.25, 0.3) is 5.91 Å². The monoisotopic (exact) mass is 475 g/mol. The van der Waals surface area contributed by atoms with Gasteiger partial charge in [0.1, 0.15) is 0 Å². The molecule has 2 amide bonds. The molecule has 1 aromatic heterocycles. The summed E-state index contributed by atoms with van der Waals surface area (Å²) < 4.78 is 0.843. The van der Waals surface area contributed by atoms with Crippen molar-refractivity contribution in [3.8, 4) is 0 Å². The van der Waals surface area contributed by atoms with Gasteiger partial charge in [-0.3, -0.25) is 9.59 Å². The van der Waals surface area contributed by atoms with Crippen LogP contribution < -0.4 is 5.32 Å². The number of anilines is 1. The molecule has 24 heavy (non-hydrogen) atoms. The van der Waals surface area contributed by atoms with Crippen molar-refractivity contribution >= 4 is 62.5 Å². The zero-order chi connectivity index (χ0) is 17.1. The first kappa shape index (κ1) is 17.6. The molecule has 2 heterocycles. The van der Waals surface area contributed by atoms with E-state index < -0.39 is 0 Å². The Kier molecular flexibility index (Phi) is 5.72. The molecule has 8 heteroatoms. The van der Waals surface area contributed by atoms with Gasteiger partial charge in [0.2, 0.25) is 5.91 Å². The lowest BCUT2D eigenvalue weighted by Crippen LogP contribution is -2.43. The van der Waals surface area contributed by atoms with Crippen molar-refractivity contribution in [2.75, 3.05) is 18.4 Å². The third-order valence-electron chi connectivity index (χ3n) is 3.91. The maximum Gasteiger partial charge on any atom is 0.253 e. The van der Waals surface area contributed by atoms with Gasteiger partial charge in [0.15, 0.2) is 5.13 Å². The molecule has 1 aromatic carbocycles. The van der Waals surface area contributed by atoms with E-state index >= 15 is 0 Å². The summed E-state index contributed by atoms with van der Waals surface area (Å²) in [5, 5.41) is 5.86. The molecule has 0 spiro atoms. The van der Waals surface area contributed by atoms with Crippen molar-refractivity contribution in [2.45, 2.75) is 12.8 Å². The number of hydrogen-bond acceptors (Lipinski definition) is 4. The summed E-state index contributed by atoms with van der Waals surface area (Å²) in [4.78, 5) is 30.9. The Morgan fingerprint density at radius 2 is 2.25 bits per heavy atom. The van der Waals surface area contributed by atoms with Crippen LogP contribution in [0.1, 0.15) is 23.2 Å². The van der Waals surface area contributed by atoms with Crippen molar-refractivity contribution in [1.82, 2.24) is 9.88 Å². The van der Waals surface area contributed by atoms with Crippen molar-refractivity contribution in [3.05, 3.63) is 43.9 Å². The van der Waals surface area contributed by atoms with Gasteiger partial charge in [-0.05, 0) is 53.6 Å². The lowest BCUT2D eigenvalue weighted by atomic mass is 9.96. The summed E-state index contributed by atoms with van der Waals surface area (Å²) in [5.41, 5.74) is 0.602. The molecule has 1 atom stereocenters. The minimum Gasteiger partial charge on any atom is -0.338 e. The van der Waals surface area contributed by atoms with Gasteiger partial charge in [-0.25, -0.2) is 4.98 Å². The number of likely N-dealkylation sites (tertiary alicyclic amines) is 1. The Hall–Kier alpha value is -1.19. The molecule has 0 bridgehead atoms. The van der Waals surface area contributed by atoms with Gasteiger partial charge < -0.3 is 10.2 Å². The summed E-state index contributed by atoms with van der Waals surface area (Å²) in [6.45, 7) is 1.09. The highest BCUT2D eigenvalue weighted by molar-refractivity contribution is 14.1. The molecule has 0 aliphatic carbocycles. The standard InChI is InChI=1S/C16H15ClIN3O2S/c17-12-4-3-10(8-13(12)18)15(23)21-6-1-2-11(9-21)14(22)20-16-19-5-7-24-16/h3-5,7-8,11H,1-2,6,9H2,(H,19,20,22). The van der Waals surface area contributed by atoms with Gasteiger partial charge in [0, 0.05) is 33.8 Å². The first-order valence-electron chi connectivity index (χ1n) is 7.49. The zero-order valence-corrected chi connectivity index (χ0v) is 16.4. The Labute approximate surface area is 162 Å². The van der Waals surface area contributed by atoms with Crippen LogP contribution >= 0.6 is 45.5 Å². The molecule has 126 valence electrons. The second-order valence-corrected chi connectivity index (χ2v) is 8.01. The van der Waals surface area contributed by atoms with Crippen LogP contribution in [0.3, 0.4) is 0 Å². The zero-order valence-electron chi connectivity index (χ0n) is 12.7. The van der Waals surface area contributed by atoms with Gasteiger partial charge in [0.05, 0.1) is 10.9 Å². The predicted molar refractivity (Wildman–Crippen MR) is 104 cm³/mol. The normalized spacial score (nSPS) is 17.6. The number of nitrogens with one attached hydrogen (secondary N) is 1. The van der Waals surface area contributed by atoms with Gasteiger partial charge in [-0.15, -0.1) is 11.3 Å². The molecular formula is C16H15ClIN3O2S. The number of piperidine rings is 1. The molecule has 0 saturated carbocycles. The van der Waals surface area contributed by atoms with E-state index in [-0.39, 0.29) is 17.7 Å². The summed E-state index contributed by atoms with van der Waals surface area (Å²) in [6.07, 6.45) is 3.24. The number of thiazole rings is 1. The predicted octanol–water partition coefficient (Wildman–Crippen LogP) is 3.89. The van der Waals surface area contributed by atoms with E-state index in [1.165, 1.54) is 11.3 Å². The fourth-order valence-corrected chi connectivity index (χ4v) is 3.84. The quantitative estimate of drug-likeness (QED) is 0.685. The second-order valence-electron chi connectivity index (χ2n) is 5.55. The lowest BCUT2D eigenvalue weighted by molar-refractivity contribution is -0.121. The highest BCUT2D eigenvalue weighted by Gasteiger charge is 2.29. The first-order chi connectivity index (χ1) is 11.5. The summed E-state index contributed by atoms with van der Waals surface area (Å²) >= 11 is 9.51. The summed E-state index contributed by atoms with van der Waals surface area (Å²) in [6, 6.07) is 5.24. The minimum atomic E-state index is -0.210. The molecule has 0 radical (unpaired) electrons. The third kappa shape index (κ3) is 4.07. The van der Waals surface area contributed by atoms with E-state index in [4.69, 9.17) is 11.6 Å². The number of nitrogens with zero attached hydrogens (tertiary/aromatic N) is 2. The number of amides is 2. The highest BCUT2D eigenvalue weighted by atomic mass is 127. The van der Waals surface area contributed by atoms with E-state index in [2.05, 4.69) is 32.9 Å². The number of aromatic nitrogens is 1. The largest absolute Gasteiger partial charge is 0.338 e. The SMILES string of the molecule is O=C(Nc1nccs1)C1CCCN(C(=O)c2ccc(Cl)c(I)c2)C1. The molecule has 1 aliphatic heterocycles. The van der Waals surface area contributed by atoms with E-state index in [9.17, 15) is 9.59 Å². The van der Waals surface area contributed by atoms with E-state index in [1.807, 2.05) is 5.38 Å². The Balaban J connectivity index is 1.67. The van der Waals surface area contributed by atoms with Crippen LogP contribution in [0.15, 0.2) is 29.8 Å². The first-order valence-corrected chi connectivity index (χ1v) is 9.83. The number of carbonyl (C=O) groups excluding carboxylic acids is 2. The molecule has 5 nitrogen and oxygen atoms in total. The van der Waals surface area contributed by atoms with E-state index in [0.29, 0.717) is 28.8 Å². The molecule has 1 N–H and O–H groups in total. The number of halogens is 2. The highest BCUT2D eigenvalue weighted by Crippen LogP contribution is 2.24. The van der Waals surface area contributed by atoms with Gasteiger partial charge in [-0.2, -0.15) is 0 Å². The Morgan fingerprint density at radius 3 is 2.96 bits per heavy atom. The molecular weight excluding hydrogens is 461 g/mol. The molecule has 1 saturated heterocycles. The van der Waals surface area contributed by atoms with Crippen LogP contribution in [0.2, 0.25) is 5.02 Å². The average molecular weight is 476 g/mol. The van der Waals surface area contributed by atoms with Crippen LogP contribution in [0.4, 0.5) is 5.13 Å². The Bertz CT molecular complexity index is 754. The molecule has 2 aromatic rings. The third-order valence-corrected chi connectivity index (χ3v) is 6.14. The number of carbonyl (C=O) groups is 2. The summed E-state index contributed by atoms with van der Waals surface area (Å²) in [5.74, 6) is -0.345. The van der Waals surface area contributed by atoms with Crippen molar-refractivity contribution in [1.29, 1.82) is 0 Å². The lowest BCUT2D eigenvalue weighted by Gasteiger charge is -2.32. The van der Waals surface area contributed by atoms with Crippen LogP contribution in [0.25, 0.3) is 0 Å². The van der Waals surface area contributed by atoms with Crippen molar-refractivity contribution in [2.24, 2.45) is 5.92 Å². The second kappa shape index (κ2) is 7.79. The van der Waals surface area contributed by atoms with Gasteiger partial charge >= 0.3 is 0 Å². The van der Waals surface area contributed by atoms with Crippen LogP contribution in [0.5, 0.6) is 0 Å². The summed E-state index contributed by atoms with van der Waals surface area (Å²) in [7, 11) is 0. The number of rotatable bonds is 3. The van der Waals surface area contributed by atoms with Crippen molar-refractivity contribution in [3.63, 3.8) is 0 Å². The van der Waals surface area contributed by atoms with Crippen LogP contribution in [0, 0.1) is 9.49 Å². The fraction of sp³-hybridized carbons (Fsp3) is 0.312. The van der Waals surface area contributed by atoms with Crippen LogP contribution in [-0.4, -0.2) is 34.8 Å². The van der Waals surface area contributed by atoms with Crippen molar-refractivity contribution < 1.29 is 9.59 Å². The van der Waals surface area contributed by atoms with Crippen LogP contribution in [-0.2, 0) is 4.79 Å². The smallest absolute Gasteiger partial charge is 0.253 e. The minimum absolute atomic E-state index is 0.0590. The van der Waals surface area contributed by atoms with Gasteiger partial charge in [-0.1, -0.05) is 11.6 Å². The molecule has 1 aliphatic rings. The number of hydrogen-bond donors (Lipinski definition) is 1. The molecule has 3 rings (SSSR count). The molecule has 1 fully saturated rings. The van der Waals surface area contributed by atoms with E-state index in [0.717, 1.165) is 16.4 Å². The maximum absolute atomic E-state index is 12.7.